The molecule has 0 saturated heterocycles. The van der Waals surface area contributed by atoms with Gasteiger partial charge in [-0.25, -0.2) is 4.98 Å². The molecule has 1 atom stereocenters. The Morgan fingerprint density at radius 1 is 0.462 bits per heavy atom. The standard InChI is InChI=1S/C72H66N4OSi/c1-70(2,3)50-38-39-73-67(43-50)76-63-35-19-21-37-66(63)78(56-28-14-11-15-29-56)65-36-20-16-30-59(65)60-45-55(46-64(76)69(60)78)77-54-27-22-26-53(44-54)74-47-75(62-34-18-17-33-61(62)74)68-57(48-24-12-10-13-25-48)31-23-32-58(68)49-40-51(71(4,5)6)42-52(41-49)72(7,8)9/h10-46H,47H2,1-9H3/i10D,12D,13D,24D,25D. The fourth-order valence-electron chi connectivity index (χ4n) is 12.2. The average molecular weight is 1040 g/mol. The van der Waals surface area contributed by atoms with E-state index in [-0.39, 0.29) is 46.0 Å². The molecule has 9 aromatic carbocycles. The molecule has 0 amide bonds. The third kappa shape index (κ3) is 8.07. The van der Waals surface area contributed by atoms with Crippen molar-refractivity contribution in [1.82, 2.24) is 4.98 Å². The quantitative estimate of drug-likeness (QED) is 0.142. The Morgan fingerprint density at radius 2 is 1.06 bits per heavy atom. The first-order valence-corrected chi connectivity index (χ1v) is 29.1. The van der Waals surface area contributed by atoms with Gasteiger partial charge in [0.2, 0.25) is 0 Å². The minimum absolute atomic E-state index is 0.110. The summed E-state index contributed by atoms with van der Waals surface area (Å²) in [5, 5.41) is 5.33. The number of benzene rings is 9. The lowest BCUT2D eigenvalue weighted by Gasteiger charge is -2.43. The number of para-hydroxylation sites is 4. The number of nitrogens with zero attached hydrogens (tertiary/aromatic N) is 4. The Kier molecular flexibility index (Phi) is 10.3. The summed E-state index contributed by atoms with van der Waals surface area (Å²) in [5.41, 5.74) is 13.7. The molecule has 0 spiro atoms. The lowest BCUT2D eigenvalue weighted by molar-refractivity contribution is 0.483. The Bertz CT molecular complexity index is 4220. The minimum atomic E-state index is -2.91. The number of rotatable bonds is 8. The van der Waals surface area contributed by atoms with Gasteiger partial charge in [-0.15, -0.1) is 0 Å². The molecule has 0 aliphatic carbocycles. The molecule has 384 valence electrons. The molecule has 13 rings (SSSR count). The zero-order chi connectivity index (χ0) is 58.1. The second-order valence-electron chi connectivity index (χ2n) is 24.1. The van der Waals surface area contributed by atoms with Gasteiger partial charge in [0, 0.05) is 40.8 Å². The molecule has 78 heavy (non-hydrogen) atoms. The fraction of sp³-hybridized carbons (Fsp3) is 0.181. The van der Waals surface area contributed by atoms with Gasteiger partial charge >= 0.3 is 0 Å². The van der Waals surface area contributed by atoms with Crippen molar-refractivity contribution in [2.45, 2.75) is 78.6 Å². The molecule has 0 fully saturated rings. The van der Waals surface area contributed by atoms with E-state index < -0.39 is 14.1 Å². The first kappa shape index (κ1) is 43.6. The van der Waals surface area contributed by atoms with Gasteiger partial charge in [-0.2, -0.15) is 0 Å². The number of aromatic nitrogens is 1. The number of pyridine rings is 1. The van der Waals surface area contributed by atoms with Gasteiger partial charge in [0.05, 0.1) is 29.6 Å². The third-order valence-electron chi connectivity index (χ3n) is 16.1. The van der Waals surface area contributed by atoms with Crippen LogP contribution in [-0.4, -0.2) is 19.7 Å². The summed E-state index contributed by atoms with van der Waals surface area (Å²) < 4.78 is 52.2. The molecule has 0 radical (unpaired) electrons. The van der Waals surface area contributed by atoms with Crippen molar-refractivity contribution in [2.24, 2.45) is 0 Å². The first-order chi connectivity index (χ1) is 39.6. The number of hydrogen-bond acceptors (Lipinski definition) is 5. The van der Waals surface area contributed by atoms with Gasteiger partial charge in [0.15, 0.2) is 8.07 Å². The molecule has 1 aromatic heterocycles. The van der Waals surface area contributed by atoms with Crippen LogP contribution >= 0.6 is 0 Å². The van der Waals surface area contributed by atoms with Crippen molar-refractivity contribution in [1.29, 1.82) is 0 Å². The predicted octanol–water partition coefficient (Wildman–Crippen LogP) is 16.5. The second-order valence-corrected chi connectivity index (χ2v) is 27.8. The van der Waals surface area contributed by atoms with Gasteiger partial charge in [0.1, 0.15) is 24.0 Å². The van der Waals surface area contributed by atoms with E-state index >= 15 is 0 Å². The van der Waals surface area contributed by atoms with Crippen LogP contribution in [0.1, 0.15) is 85.9 Å². The van der Waals surface area contributed by atoms with Crippen LogP contribution in [0.25, 0.3) is 33.4 Å². The molecule has 0 saturated carbocycles. The smallest absolute Gasteiger partial charge is 0.185 e. The predicted molar refractivity (Wildman–Crippen MR) is 331 cm³/mol. The molecular formula is C72H66N4OSi. The zero-order valence-corrected chi connectivity index (χ0v) is 46.9. The fourth-order valence-corrected chi connectivity index (χ4v) is 17.7. The van der Waals surface area contributed by atoms with E-state index in [1.807, 2.05) is 42.6 Å². The summed E-state index contributed by atoms with van der Waals surface area (Å²) >= 11 is 0. The Balaban J connectivity index is 0.967. The normalized spacial score (nSPS) is 16.3. The molecule has 0 N–H and O–H groups in total. The topological polar surface area (TPSA) is 31.8 Å². The maximum atomic E-state index is 9.35. The van der Waals surface area contributed by atoms with Crippen LogP contribution in [0, 0.1) is 0 Å². The maximum Gasteiger partial charge on any atom is 0.185 e. The molecule has 1 unspecified atom stereocenters. The van der Waals surface area contributed by atoms with Crippen LogP contribution in [-0.2, 0) is 16.2 Å². The van der Waals surface area contributed by atoms with Crippen LogP contribution < -0.4 is 40.2 Å². The maximum absolute atomic E-state index is 9.35. The first-order valence-electron chi connectivity index (χ1n) is 29.6. The third-order valence-corrected chi connectivity index (χ3v) is 21.0. The van der Waals surface area contributed by atoms with Gasteiger partial charge in [-0.3, -0.25) is 4.90 Å². The summed E-state index contributed by atoms with van der Waals surface area (Å²) in [6, 6.07) is 65.5. The van der Waals surface area contributed by atoms with Crippen molar-refractivity contribution >= 4 is 68.8 Å². The Morgan fingerprint density at radius 3 is 1.77 bits per heavy atom. The van der Waals surface area contributed by atoms with E-state index in [2.05, 4.69) is 229 Å². The number of anilines is 7. The monoisotopic (exact) mass is 1040 g/mol. The summed E-state index contributed by atoms with van der Waals surface area (Å²) in [6.45, 7) is 20.4. The lowest BCUT2D eigenvalue weighted by atomic mass is 9.78. The van der Waals surface area contributed by atoms with Crippen molar-refractivity contribution in [3.8, 4) is 44.9 Å². The lowest BCUT2D eigenvalue weighted by Crippen LogP contribution is -2.75. The molecular weight excluding hydrogens is 965 g/mol. The molecule has 5 nitrogen and oxygen atoms in total. The van der Waals surface area contributed by atoms with Gasteiger partial charge < -0.3 is 14.5 Å². The van der Waals surface area contributed by atoms with Crippen molar-refractivity contribution in [2.75, 3.05) is 21.4 Å². The molecule has 3 aliphatic heterocycles. The highest BCUT2D eigenvalue weighted by molar-refractivity contribution is 7.23. The van der Waals surface area contributed by atoms with Crippen LogP contribution in [0.3, 0.4) is 0 Å². The highest BCUT2D eigenvalue weighted by Gasteiger charge is 2.55. The summed E-state index contributed by atoms with van der Waals surface area (Å²) in [6.07, 6.45) is 1.94. The van der Waals surface area contributed by atoms with E-state index in [1.165, 1.54) is 43.0 Å². The molecule has 3 aliphatic rings. The largest absolute Gasteiger partial charge is 0.457 e. The van der Waals surface area contributed by atoms with Crippen LogP contribution in [0.5, 0.6) is 11.5 Å². The molecule has 10 aromatic rings. The Labute approximate surface area is 469 Å². The zero-order valence-electron chi connectivity index (χ0n) is 50.9. The van der Waals surface area contributed by atoms with Gasteiger partial charge in [-0.1, -0.05) is 220 Å². The van der Waals surface area contributed by atoms with Crippen LogP contribution in [0.4, 0.5) is 39.9 Å². The van der Waals surface area contributed by atoms with Crippen molar-refractivity contribution < 1.29 is 11.6 Å². The SMILES string of the molecule is [2H]c1c([2H])c([2H])c(-c2cccc(-c3cc(C(C)(C)C)cc(C(C)(C)C)c3)c2N2CN(c3cccc(Oc4cc5c6c(c4)N(c4cc(C(C)(C)C)ccn4)c4ccccc4[Si]6(c4ccccc4)c4ccccc4-5)c3)c3ccccc32)c([2H])c1[2H]. The highest BCUT2D eigenvalue weighted by Crippen LogP contribution is 2.52. The van der Waals surface area contributed by atoms with E-state index in [4.69, 9.17) is 13.8 Å². The van der Waals surface area contributed by atoms with Gasteiger partial charge in [-0.05, 0) is 124 Å². The summed E-state index contributed by atoms with van der Waals surface area (Å²) in [5.74, 6) is 2.21. The van der Waals surface area contributed by atoms with E-state index in [9.17, 15) is 2.74 Å². The van der Waals surface area contributed by atoms with Crippen molar-refractivity contribution in [3.05, 3.63) is 241 Å². The van der Waals surface area contributed by atoms with Crippen LogP contribution in [0.15, 0.2) is 224 Å². The number of hydrogen-bond donors (Lipinski definition) is 0. The second kappa shape index (κ2) is 18.4. The van der Waals surface area contributed by atoms with E-state index in [0.717, 1.165) is 56.6 Å². The van der Waals surface area contributed by atoms with Gasteiger partial charge in [0.25, 0.3) is 0 Å². The Hall–Kier alpha value is -8.45. The number of ether oxygens (including phenoxy) is 1. The van der Waals surface area contributed by atoms with Crippen molar-refractivity contribution in [3.63, 3.8) is 0 Å². The summed E-state index contributed by atoms with van der Waals surface area (Å²) in [7, 11) is -2.91. The molecule has 6 heteroatoms. The molecule has 4 heterocycles. The molecule has 0 bridgehead atoms. The highest BCUT2D eigenvalue weighted by atomic mass is 28.3. The minimum Gasteiger partial charge on any atom is -0.457 e. The number of fused-ring (bicyclic) bond motifs is 6. The van der Waals surface area contributed by atoms with E-state index in [0.29, 0.717) is 23.7 Å². The average Bonchev–Trinajstić information content (AvgIpc) is 1.63. The van der Waals surface area contributed by atoms with E-state index in [1.54, 1.807) is 0 Å². The summed E-state index contributed by atoms with van der Waals surface area (Å²) in [4.78, 5) is 12.0. The van der Waals surface area contributed by atoms with Crippen LogP contribution in [0.2, 0.25) is 0 Å².